The Morgan fingerprint density at radius 3 is 2.09 bits per heavy atom. The molecule has 2 nitrogen and oxygen atoms in total. The van der Waals surface area contributed by atoms with Gasteiger partial charge < -0.3 is 16.0 Å². The minimum Gasteiger partial charge on any atom is -0.352 e. The fraction of sp³-hybridized carbons (Fsp3) is 0.100. The predicted molar refractivity (Wildman–Crippen MR) is 180 cm³/mol. The molecular formula is C40H30BIrN2Y-4. The van der Waals surface area contributed by atoms with Crippen LogP contribution in [0.1, 0.15) is 26.3 Å². The molecule has 0 fully saturated rings. The van der Waals surface area contributed by atoms with Crippen molar-refractivity contribution in [2.24, 2.45) is 0 Å². The number of aromatic nitrogens is 2. The van der Waals surface area contributed by atoms with E-state index in [0.29, 0.717) is 0 Å². The largest absolute Gasteiger partial charge is 0.352 e. The van der Waals surface area contributed by atoms with Gasteiger partial charge >= 0.3 is 0 Å². The molecule has 7 aromatic rings. The number of rotatable bonds is 3. The van der Waals surface area contributed by atoms with Crippen molar-refractivity contribution < 1.29 is 52.8 Å². The number of pyridine rings is 2. The summed E-state index contributed by atoms with van der Waals surface area (Å²) in [5.41, 5.74) is 7.28. The first-order valence-corrected chi connectivity index (χ1v) is 14.1. The van der Waals surface area contributed by atoms with Gasteiger partial charge in [0.2, 0.25) is 0 Å². The first-order chi connectivity index (χ1) is 20.5. The number of hydrogen-bond donors (Lipinski definition) is 0. The second kappa shape index (κ2) is 16.3. The van der Waals surface area contributed by atoms with Crippen molar-refractivity contribution in [1.82, 2.24) is 9.97 Å². The molecule has 0 aliphatic carbocycles. The van der Waals surface area contributed by atoms with E-state index < -0.39 is 0 Å². The van der Waals surface area contributed by atoms with E-state index >= 15 is 0 Å². The Hall–Kier alpha value is -3.26. The maximum Gasteiger partial charge on any atom is 0.0163 e. The summed E-state index contributed by atoms with van der Waals surface area (Å²) >= 11 is 0. The molecule has 0 saturated carbocycles. The molecule has 5 heteroatoms. The molecule has 0 bridgehead atoms. The van der Waals surface area contributed by atoms with E-state index in [4.69, 9.17) is 0 Å². The summed E-state index contributed by atoms with van der Waals surface area (Å²) in [7, 11) is 0. The third-order valence-corrected chi connectivity index (χ3v) is 7.22. The van der Waals surface area contributed by atoms with Crippen molar-refractivity contribution in [2.75, 3.05) is 0 Å². The number of benzene rings is 5. The van der Waals surface area contributed by atoms with E-state index in [1.807, 2.05) is 60.8 Å². The quantitative estimate of drug-likeness (QED) is 0.101. The van der Waals surface area contributed by atoms with Crippen LogP contribution in [0.25, 0.3) is 55.2 Å². The zero-order chi connectivity index (χ0) is 28.9. The predicted octanol–water partition coefficient (Wildman–Crippen LogP) is 9.58. The minimum absolute atomic E-state index is 0. The minimum atomic E-state index is 0. The second-order valence-electron chi connectivity index (χ2n) is 11.2. The molecule has 5 radical (unpaired) electrons. The third-order valence-electron chi connectivity index (χ3n) is 7.22. The Balaban J connectivity index is 0.000000254. The average Bonchev–Trinajstić information content (AvgIpc) is 3.05. The van der Waals surface area contributed by atoms with Crippen molar-refractivity contribution in [2.45, 2.75) is 26.2 Å². The number of fused-ring (bicyclic) bond motifs is 3. The van der Waals surface area contributed by atoms with Crippen LogP contribution in [0.15, 0.2) is 128 Å². The van der Waals surface area contributed by atoms with Gasteiger partial charge in [0.05, 0.1) is 0 Å². The van der Waals surface area contributed by atoms with Gasteiger partial charge in [-0.2, -0.15) is 5.56 Å². The fourth-order valence-electron chi connectivity index (χ4n) is 4.92. The Labute approximate surface area is 307 Å². The van der Waals surface area contributed by atoms with Gasteiger partial charge in [0.25, 0.3) is 0 Å². The molecule has 45 heavy (non-hydrogen) atoms. The molecule has 2 aromatic heterocycles. The van der Waals surface area contributed by atoms with Crippen LogP contribution in [0.3, 0.4) is 0 Å². The second-order valence-corrected chi connectivity index (χ2v) is 11.2. The summed E-state index contributed by atoms with van der Waals surface area (Å²) in [4.78, 5) is 8.79. The van der Waals surface area contributed by atoms with Crippen molar-refractivity contribution in [3.63, 3.8) is 0 Å². The van der Waals surface area contributed by atoms with Crippen LogP contribution in [0.5, 0.6) is 0 Å². The van der Waals surface area contributed by atoms with Gasteiger partial charge in [-0.15, -0.1) is 71.6 Å². The summed E-state index contributed by atoms with van der Waals surface area (Å²) in [6, 6.07) is 52.4. The van der Waals surface area contributed by atoms with Crippen LogP contribution in [0.4, 0.5) is 0 Å². The maximum absolute atomic E-state index is 4.40. The third kappa shape index (κ3) is 8.72. The Bertz CT molecular complexity index is 1970. The van der Waals surface area contributed by atoms with Crippen molar-refractivity contribution >= 4 is 30.0 Å². The van der Waals surface area contributed by atoms with Gasteiger partial charge in [-0.05, 0) is 39.6 Å². The topological polar surface area (TPSA) is 25.8 Å². The van der Waals surface area contributed by atoms with Gasteiger partial charge in [-0.25, -0.2) is 6.07 Å². The maximum atomic E-state index is 4.40. The SMILES string of the molecule is CC(C)(C)c1ccnc(-c2[c-]cccc2)c1.[B].[Ir].[Y].[c-]1ccc(-c2[c-]c3ccc4ccccc4c3cc2)[c-]c1-c1ccccn1. The smallest absolute Gasteiger partial charge is 0.0163 e. The Morgan fingerprint density at radius 2 is 1.33 bits per heavy atom. The van der Waals surface area contributed by atoms with E-state index in [2.05, 4.69) is 116 Å². The number of nitrogens with zero attached hydrogens (tertiary/aromatic N) is 2. The molecule has 0 atom stereocenters. The van der Waals surface area contributed by atoms with Gasteiger partial charge in [-0.1, -0.05) is 74.3 Å². The van der Waals surface area contributed by atoms with Crippen molar-refractivity contribution in [1.29, 1.82) is 0 Å². The molecule has 0 unspecified atom stereocenters. The molecule has 0 spiro atoms. The summed E-state index contributed by atoms with van der Waals surface area (Å²) in [6.45, 7) is 6.63. The van der Waals surface area contributed by atoms with E-state index in [-0.39, 0.29) is 66.6 Å². The zero-order valence-corrected chi connectivity index (χ0v) is 30.7. The van der Waals surface area contributed by atoms with Gasteiger partial charge in [-0.3, -0.25) is 23.3 Å². The van der Waals surface area contributed by atoms with Crippen LogP contribution in [0.2, 0.25) is 0 Å². The molecule has 0 aliphatic rings. The van der Waals surface area contributed by atoms with E-state index in [1.54, 1.807) is 6.20 Å². The Kier molecular flexibility index (Phi) is 13.2. The van der Waals surface area contributed by atoms with E-state index in [1.165, 1.54) is 21.7 Å². The molecule has 2 heterocycles. The van der Waals surface area contributed by atoms with Crippen molar-refractivity contribution in [3.05, 3.63) is 157 Å². The van der Waals surface area contributed by atoms with E-state index in [9.17, 15) is 0 Å². The molecular weight excluding hydrogens is 800 g/mol. The van der Waals surface area contributed by atoms with Gasteiger partial charge in [0.1, 0.15) is 0 Å². The molecule has 5 aromatic carbocycles. The average molecular weight is 831 g/mol. The van der Waals surface area contributed by atoms with Crippen LogP contribution in [-0.2, 0) is 58.2 Å². The van der Waals surface area contributed by atoms with Crippen LogP contribution >= 0.6 is 0 Å². The molecule has 219 valence electrons. The van der Waals surface area contributed by atoms with Crippen LogP contribution in [-0.4, -0.2) is 18.4 Å². The molecule has 0 aliphatic heterocycles. The molecule has 0 amide bonds. The normalized spacial score (nSPS) is 10.5. The molecule has 0 N–H and O–H groups in total. The molecule has 0 saturated heterocycles. The summed E-state index contributed by atoms with van der Waals surface area (Å²) in [5, 5.41) is 4.84. The first kappa shape index (κ1) is 36.2. The summed E-state index contributed by atoms with van der Waals surface area (Å²) in [5.74, 6) is 0. The standard InChI is InChI=1S/C25H14N.C15H16N.B.Ir.Y/c1-2-9-23-18(6-1)11-12-21-16-20(13-14-24(21)23)19-7-5-8-22(17-19)25-10-3-4-15-26-25;1-15(2,3)13-9-10-16-14(11-13)12-7-5-4-6-8-12;;;/h1-7,9-15H;4-7,9-11H,1-3H3;;;/q-3;-1;;;. The summed E-state index contributed by atoms with van der Waals surface area (Å²) in [6.07, 6.45) is 3.66. The van der Waals surface area contributed by atoms with Crippen LogP contribution < -0.4 is 0 Å². The van der Waals surface area contributed by atoms with E-state index in [0.717, 1.165) is 39.0 Å². The zero-order valence-electron chi connectivity index (χ0n) is 25.5. The first-order valence-electron chi connectivity index (χ1n) is 14.1. The molecule has 7 rings (SSSR count). The fourth-order valence-corrected chi connectivity index (χ4v) is 4.92. The van der Waals surface area contributed by atoms with Crippen LogP contribution in [0, 0.1) is 24.3 Å². The Morgan fingerprint density at radius 1 is 0.578 bits per heavy atom. The van der Waals surface area contributed by atoms with Gasteiger partial charge in [0, 0.05) is 73.6 Å². The van der Waals surface area contributed by atoms with Crippen molar-refractivity contribution in [3.8, 4) is 33.6 Å². The number of hydrogen-bond acceptors (Lipinski definition) is 2. The van der Waals surface area contributed by atoms with Gasteiger partial charge in [0.15, 0.2) is 0 Å². The summed E-state index contributed by atoms with van der Waals surface area (Å²) < 4.78 is 0. The monoisotopic (exact) mass is 831 g/mol.